The number of halogens is 3. The van der Waals surface area contributed by atoms with Crippen molar-refractivity contribution in [2.75, 3.05) is 18.0 Å². The summed E-state index contributed by atoms with van der Waals surface area (Å²) in [7, 11) is 0. The quantitative estimate of drug-likeness (QED) is 0.633. The standard InChI is InChI=1S/C11H14F3N5/c12-11(13,14)7-2-5-19(6-3-7)10-17-4-1-8(18-10)9(15)16/h1,4,7H,2-3,5-6H2,(H3,15,16). The summed E-state index contributed by atoms with van der Waals surface area (Å²) in [5.74, 6) is -1.11. The highest BCUT2D eigenvalue weighted by atomic mass is 19.4. The molecule has 0 radical (unpaired) electrons. The van der Waals surface area contributed by atoms with Gasteiger partial charge in [0, 0.05) is 19.3 Å². The van der Waals surface area contributed by atoms with Gasteiger partial charge in [0.25, 0.3) is 0 Å². The Morgan fingerprint density at radius 3 is 2.53 bits per heavy atom. The Kier molecular flexibility index (Phi) is 3.59. The van der Waals surface area contributed by atoms with Gasteiger partial charge in [-0.15, -0.1) is 0 Å². The molecule has 1 saturated heterocycles. The average molecular weight is 273 g/mol. The zero-order valence-corrected chi connectivity index (χ0v) is 10.1. The summed E-state index contributed by atoms with van der Waals surface area (Å²) in [4.78, 5) is 9.77. The van der Waals surface area contributed by atoms with E-state index in [1.165, 1.54) is 12.3 Å². The van der Waals surface area contributed by atoms with Gasteiger partial charge in [-0.1, -0.05) is 0 Å². The molecular formula is C11H14F3N5. The summed E-state index contributed by atoms with van der Waals surface area (Å²) in [5.41, 5.74) is 5.60. The highest BCUT2D eigenvalue weighted by molar-refractivity contribution is 5.93. The minimum Gasteiger partial charge on any atom is -0.382 e. The van der Waals surface area contributed by atoms with Gasteiger partial charge in [-0.05, 0) is 18.9 Å². The van der Waals surface area contributed by atoms with Crippen LogP contribution in [0.2, 0.25) is 0 Å². The zero-order chi connectivity index (χ0) is 14.0. The monoisotopic (exact) mass is 273 g/mol. The summed E-state index contributed by atoms with van der Waals surface area (Å²) in [6.07, 6.45) is -2.60. The number of alkyl halides is 3. The highest BCUT2D eigenvalue weighted by Crippen LogP contribution is 2.34. The summed E-state index contributed by atoms with van der Waals surface area (Å²) >= 11 is 0. The maximum atomic E-state index is 12.5. The molecule has 0 unspecified atom stereocenters. The fourth-order valence-electron chi connectivity index (χ4n) is 2.06. The van der Waals surface area contributed by atoms with E-state index in [0.29, 0.717) is 5.95 Å². The second kappa shape index (κ2) is 5.02. The van der Waals surface area contributed by atoms with Crippen molar-refractivity contribution < 1.29 is 13.2 Å². The maximum absolute atomic E-state index is 12.5. The van der Waals surface area contributed by atoms with Crippen LogP contribution >= 0.6 is 0 Å². The first kappa shape index (κ1) is 13.6. The van der Waals surface area contributed by atoms with E-state index in [2.05, 4.69) is 9.97 Å². The van der Waals surface area contributed by atoms with Gasteiger partial charge < -0.3 is 10.6 Å². The van der Waals surface area contributed by atoms with E-state index in [0.717, 1.165) is 0 Å². The van der Waals surface area contributed by atoms with Crippen molar-refractivity contribution in [1.82, 2.24) is 9.97 Å². The molecule has 0 aromatic carbocycles. The molecule has 1 aliphatic rings. The first-order chi connectivity index (χ1) is 8.88. The molecule has 8 heteroatoms. The molecule has 0 aliphatic carbocycles. The van der Waals surface area contributed by atoms with Crippen LogP contribution < -0.4 is 10.6 Å². The minimum absolute atomic E-state index is 0.0388. The predicted molar refractivity (Wildman–Crippen MR) is 64.0 cm³/mol. The molecule has 3 N–H and O–H groups in total. The minimum atomic E-state index is -4.13. The lowest BCUT2D eigenvalue weighted by molar-refractivity contribution is -0.179. The summed E-state index contributed by atoms with van der Waals surface area (Å²) in [6.45, 7) is 0.511. The van der Waals surface area contributed by atoms with Crippen molar-refractivity contribution in [2.45, 2.75) is 19.0 Å². The van der Waals surface area contributed by atoms with Crippen LogP contribution in [0.15, 0.2) is 12.3 Å². The summed E-state index contributed by atoms with van der Waals surface area (Å²) < 4.78 is 37.6. The van der Waals surface area contributed by atoms with Gasteiger partial charge in [-0.2, -0.15) is 13.2 Å². The van der Waals surface area contributed by atoms with Gasteiger partial charge in [0.15, 0.2) is 0 Å². The number of piperidine rings is 1. The smallest absolute Gasteiger partial charge is 0.382 e. The van der Waals surface area contributed by atoms with Gasteiger partial charge in [-0.25, -0.2) is 9.97 Å². The number of nitrogens with one attached hydrogen (secondary N) is 1. The van der Waals surface area contributed by atoms with Crippen molar-refractivity contribution in [2.24, 2.45) is 11.7 Å². The number of anilines is 1. The van der Waals surface area contributed by atoms with Crippen molar-refractivity contribution in [3.8, 4) is 0 Å². The Bertz CT molecular complexity index is 466. The topological polar surface area (TPSA) is 78.9 Å². The molecule has 2 rings (SSSR count). The van der Waals surface area contributed by atoms with E-state index in [4.69, 9.17) is 11.1 Å². The van der Waals surface area contributed by atoms with Crippen LogP contribution in [0.3, 0.4) is 0 Å². The number of aromatic nitrogens is 2. The lowest BCUT2D eigenvalue weighted by atomic mass is 9.96. The van der Waals surface area contributed by atoms with Crippen LogP contribution in [-0.2, 0) is 0 Å². The fraction of sp³-hybridized carbons (Fsp3) is 0.545. The molecule has 104 valence electrons. The Labute approximate surface area is 108 Å². The largest absolute Gasteiger partial charge is 0.391 e. The van der Waals surface area contributed by atoms with Gasteiger partial charge in [0.2, 0.25) is 5.95 Å². The molecule has 0 saturated carbocycles. The molecule has 1 aromatic rings. The molecule has 5 nitrogen and oxygen atoms in total. The number of nitrogen functional groups attached to an aromatic ring is 1. The third-order valence-corrected chi connectivity index (χ3v) is 3.16. The van der Waals surface area contributed by atoms with Gasteiger partial charge in [0.05, 0.1) is 5.92 Å². The number of amidine groups is 1. The third kappa shape index (κ3) is 3.12. The van der Waals surface area contributed by atoms with Gasteiger partial charge in [-0.3, -0.25) is 5.41 Å². The maximum Gasteiger partial charge on any atom is 0.391 e. The molecule has 2 heterocycles. The zero-order valence-electron chi connectivity index (χ0n) is 10.1. The van der Waals surface area contributed by atoms with Crippen LogP contribution in [0.1, 0.15) is 18.5 Å². The van der Waals surface area contributed by atoms with Crippen LogP contribution in [0.5, 0.6) is 0 Å². The van der Waals surface area contributed by atoms with Gasteiger partial charge in [0.1, 0.15) is 11.5 Å². The summed E-state index contributed by atoms with van der Waals surface area (Å²) in [5, 5.41) is 7.28. The Balaban J connectivity index is 2.05. The fourth-order valence-corrected chi connectivity index (χ4v) is 2.06. The van der Waals surface area contributed by atoms with E-state index >= 15 is 0 Å². The first-order valence-corrected chi connectivity index (χ1v) is 5.87. The normalized spacial score (nSPS) is 17.5. The summed E-state index contributed by atoms with van der Waals surface area (Å²) in [6, 6.07) is 1.49. The number of hydrogen-bond acceptors (Lipinski definition) is 4. The van der Waals surface area contributed by atoms with E-state index in [1.807, 2.05) is 0 Å². The Morgan fingerprint density at radius 1 is 1.37 bits per heavy atom. The average Bonchev–Trinajstić information content (AvgIpc) is 2.38. The van der Waals surface area contributed by atoms with E-state index in [-0.39, 0.29) is 37.5 Å². The lowest BCUT2D eigenvalue weighted by Crippen LogP contribution is -2.40. The van der Waals surface area contributed by atoms with Crippen LogP contribution in [0, 0.1) is 11.3 Å². The molecule has 0 atom stereocenters. The number of hydrogen-bond donors (Lipinski definition) is 2. The molecule has 0 amide bonds. The third-order valence-electron chi connectivity index (χ3n) is 3.16. The van der Waals surface area contributed by atoms with Crippen molar-refractivity contribution in [3.63, 3.8) is 0 Å². The molecular weight excluding hydrogens is 259 g/mol. The molecule has 19 heavy (non-hydrogen) atoms. The second-order valence-electron chi connectivity index (χ2n) is 4.46. The van der Waals surface area contributed by atoms with E-state index in [9.17, 15) is 13.2 Å². The van der Waals surface area contributed by atoms with Crippen LogP contribution in [-0.4, -0.2) is 35.1 Å². The molecule has 1 aromatic heterocycles. The van der Waals surface area contributed by atoms with Gasteiger partial charge >= 0.3 is 6.18 Å². The first-order valence-electron chi connectivity index (χ1n) is 5.87. The SMILES string of the molecule is N=C(N)c1ccnc(N2CCC(C(F)(F)F)CC2)n1. The predicted octanol–water partition coefficient (Wildman–Crippen LogP) is 1.54. The number of nitrogens with zero attached hydrogens (tertiary/aromatic N) is 3. The van der Waals surface area contributed by atoms with E-state index in [1.54, 1.807) is 4.90 Å². The van der Waals surface area contributed by atoms with Crippen molar-refractivity contribution in [3.05, 3.63) is 18.0 Å². The highest BCUT2D eigenvalue weighted by Gasteiger charge is 2.41. The van der Waals surface area contributed by atoms with Crippen LogP contribution in [0.4, 0.5) is 19.1 Å². The molecule has 0 spiro atoms. The van der Waals surface area contributed by atoms with Crippen molar-refractivity contribution in [1.29, 1.82) is 5.41 Å². The van der Waals surface area contributed by atoms with E-state index < -0.39 is 12.1 Å². The molecule has 1 fully saturated rings. The van der Waals surface area contributed by atoms with Crippen molar-refractivity contribution >= 4 is 11.8 Å². The Hall–Kier alpha value is -1.86. The Morgan fingerprint density at radius 2 is 2.00 bits per heavy atom. The second-order valence-corrected chi connectivity index (χ2v) is 4.46. The van der Waals surface area contributed by atoms with Crippen LogP contribution in [0.25, 0.3) is 0 Å². The molecule has 0 bridgehead atoms. The lowest BCUT2D eigenvalue weighted by Gasteiger charge is -2.32. The number of nitrogens with two attached hydrogens (primary N) is 1. The number of rotatable bonds is 2. The molecule has 1 aliphatic heterocycles.